The Morgan fingerprint density at radius 3 is 2.83 bits per heavy atom. The van der Waals surface area contributed by atoms with E-state index in [1.54, 1.807) is 13.2 Å². The van der Waals surface area contributed by atoms with Crippen LogP contribution in [0.1, 0.15) is 18.5 Å². The van der Waals surface area contributed by atoms with E-state index in [1.807, 2.05) is 12.1 Å². The first kappa shape index (κ1) is 12.7. The summed E-state index contributed by atoms with van der Waals surface area (Å²) >= 11 is 0. The fraction of sp³-hybridized carbons (Fsp3) is 0.538. The number of nitriles is 1. The Morgan fingerprint density at radius 1 is 1.50 bits per heavy atom. The molecule has 2 heterocycles. The Morgan fingerprint density at radius 2 is 2.22 bits per heavy atom. The maximum absolute atomic E-state index is 8.93. The van der Waals surface area contributed by atoms with Gasteiger partial charge in [-0.2, -0.15) is 5.26 Å². The van der Waals surface area contributed by atoms with Gasteiger partial charge < -0.3 is 15.4 Å². The molecule has 0 bridgehead atoms. The fourth-order valence-corrected chi connectivity index (χ4v) is 2.29. The van der Waals surface area contributed by atoms with Crippen molar-refractivity contribution in [3.8, 4) is 6.07 Å². The maximum Gasteiger partial charge on any atom is 0.165 e. The number of nitrogen functional groups attached to an aromatic ring is 1. The van der Waals surface area contributed by atoms with Gasteiger partial charge in [-0.1, -0.05) is 0 Å². The van der Waals surface area contributed by atoms with E-state index >= 15 is 0 Å². The van der Waals surface area contributed by atoms with Crippen LogP contribution in [0.15, 0.2) is 12.1 Å². The summed E-state index contributed by atoms with van der Waals surface area (Å²) in [7, 11) is 1.74. The number of hydrogen-bond donors (Lipinski definition) is 1. The average molecular weight is 246 g/mol. The van der Waals surface area contributed by atoms with Crippen LogP contribution < -0.4 is 10.6 Å². The zero-order valence-electron chi connectivity index (χ0n) is 10.6. The number of ether oxygens (including phenoxy) is 1. The van der Waals surface area contributed by atoms with E-state index in [9.17, 15) is 0 Å². The largest absolute Gasteiger partial charge is 0.396 e. The van der Waals surface area contributed by atoms with Crippen molar-refractivity contribution < 1.29 is 4.74 Å². The molecule has 0 aliphatic carbocycles. The minimum absolute atomic E-state index is 0.312. The van der Waals surface area contributed by atoms with Crippen molar-refractivity contribution in [2.45, 2.75) is 12.8 Å². The smallest absolute Gasteiger partial charge is 0.165 e. The molecule has 1 aliphatic rings. The molecule has 96 valence electrons. The summed E-state index contributed by atoms with van der Waals surface area (Å²) in [5.41, 5.74) is 6.42. The Kier molecular flexibility index (Phi) is 4.00. The molecule has 5 heteroatoms. The lowest BCUT2D eigenvalue weighted by Crippen LogP contribution is -2.35. The third kappa shape index (κ3) is 2.71. The molecule has 0 aromatic carbocycles. The van der Waals surface area contributed by atoms with E-state index in [2.05, 4.69) is 9.88 Å². The Bertz CT molecular complexity index is 447. The van der Waals surface area contributed by atoms with Crippen LogP contribution in [0.5, 0.6) is 0 Å². The van der Waals surface area contributed by atoms with Crippen molar-refractivity contribution in [2.75, 3.05) is 37.4 Å². The lowest BCUT2D eigenvalue weighted by Gasteiger charge is -2.32. The number of piperidine rings is 1. The Labute approximate surface area is 107 Å². The van der Waals surface area contributed by atoms with Crippen molar-refractivity contribution in [3.05, 3.63) is 17.8 Å². The molecule has 2 N–H and O–H groups in total. The second kappa shape index (κ2) is 5.69. The van der Waals surface area contributed by atoms with Crippen molar-refractivity contribution in [1.29, 1.82) is 5.26 Å². The van der Waals surface area contributed by atoms with E-state index in [0.29, 0.717) is 17.3 Å². The molecule has 0 radical (unpaired) electrons. The summed E-state index contributed by atoms with van der Waals surface area (Å²) in [6.45, 7) is 2.73. The lowest BCUT2D eigenvalue weighted by molar-refractivity contribution is 0.139. The van der Waals surface area contributed by atoms with E-state index in [4.69, 9.17) is 15.7 Å². The third-order valence-corrected chi connectivity index (χ3v) is 3.36. The molecular formula is C13H18N4O. The van der Waals surface area contributed by atoms with Crippen LogP contribution in [0, 0.1) is 17.2 Å². The first-order chi connectivity index (χ1) is 8.74. The zero-order valence-corrected chi connectivity index (χ0v) is 10.6. The first-order valence-corrected chi connectivity index (χ1v) is 6.15. The standard InChI is InChI=1S/C13H18N4O/c1-18-9-10-4-6-17(7-5-10)13-3-2-11(15)12(8-14)16-13/h2-3,10H,4-7,9,15H2,1H3. The van der Waals surface area contributed by atoms with Crippen molar-refractivity contribution in [1.82, 2.24) is 4.98 Å². The van der Waals surface area contributed by atoms with Crippen molar-refractivity contribution in [3.63, 3.8) is 0 Å². The molecule has 0 unspecified atom stereocenters. The van der Waals surface area contributed by atoms with Crippen molar-refractivity contribution in [2.24, 2.45) is 5.92 Å². The van der Waals surface area contributed by atoms with Gasteiger partial charge in [-0.05, 0) is 30.9 Å². The first-order valence-electron chi connectivity index (χ1n) is 6.15. The number of nitrogens with two attached hydrogens (primary N) is 1. The lowest BCUT2D eigenvalue weighted by atomic mass is 9.98. The molecule has 2 rings (SSSR count). The summed E-state index contributed by atoms with van der Waals surface area (Å²) < 4.78 is 5.18. The minimum Gasteiger partial charge on any atom is -0.396 e. The highest BCUT2D eigenvalue weighted by atomic mass is 16.5. The van der Waals surface area contributed by atoms with Gasteiger partial charge in [-0.25, -0.2) is 4.98 Å². The summed E-state index contributed by atoms with van der Waals surface area (Å²) in [6, 6.07) is 5.65. The van der Waals surface area contributed by atoms with Gasteiger partial charge in [0, 0.05) is 26.8 Å². The van der Waals surface area contributed by atoms with Crippen molar-refractivity contribution >= 4 is 11.5 Å². The van der Waals surface area contributed by atoms with Crippen LogP contribution >= 0.6 is 0 Å². The highest BCUT2D eigenvalue weighted by Crippen LogP contribution is 2.23. The van der Waals surface area contributed by atoms with Crippen LogP contribution in [-0.2, 0) is 4.74 Å². The van der Waals surface area contributed by atoms with Crippen LogP contribution in [0.3, 0.4) is 0 Å². The third-order valence-electron chi connectivity index (χ3n) is 3.36. The predicted molar refractivity (Wildman–Crippen MR) is 70.2 cm³/mol. The average Bonchev–Trinajstić information content (AvgIpc) is 2.41. The Hall–Kier alpha value is -1.80. The van der Waals surface area contributed by atoms with Crippen LogP contribution in [-0.4, -0.2) is 31.8 Å². The molecule has 18 heavy (non-hydrogen) atoms. The second-order valence-electron chi connectivity index (χ2n) is 4.60. The topological polar surface area (TPSA) is 75.2 Å². The van der Waals surface area contributed by atoms with Crippen LogP contribution in [0.2, 0.25) is 0 Å². The Balaban J connectivity index is 2.04. The minimum atomic E-state index is 0.312. The molecule has 1 aromatic rings. The van der Waals surface area contributed by atoms with E-state index in [1.165, 1.54) is 0 Å². The van der Waals surface area contributed by atoms with Gasteiger partial charge >= 0.3 is 0 Å². The van der Waals surface area contributed by atoms with Gasteiger partial charge in [0.05, 0.1) is 5.69 Å². The number of aromatic nitrogens is 1. The number of hydrogen-bond acceptors (Lipinski definition) is 5. The van der Waals surface area contributed by atoms with Gasteiger partial charge in [0.1, 0.15) is 11.9 Å². The zero-order chi connectivity index (χ0) is 13.0. The summed E-state index contributed by atoms with van der Waals surface area (Å²) in [6.07, 6.45) is 2.20. The normalized spacial score (nSPS) is 16.6. The highest BCUT2D eigenvalue weighted by molar-refractivity contribution is 5.55. The molecule has 1 saturated heterocycles. The molecule has 0 spiro atoms. The predicted octanol–water partition coefficient (Wildman–Crippen LogP) is 1.40. The summed E-state index contributed by atoms with van der Waals surface area (Å²) in [5, 5.41) is 8.93. The van der Waals surface area contributed by atoms with Gasteiger partial charge in [0.25, 0.3) is 0 Å². The van der Waals surface area contributed by atoms with E-state index in [0.717, 1.165) is 38.4 Å². The molecule has 0 amide bonds. The summed E-state index contributed by atoms with van der Waals surface area (Å²) in [5.74, 6) is 1.48. The fourth-order valence-electron chi connectivity index (χ4n) is 2.29. The molecule has 1 aromatic heterocycles. The number of pyridine rings is 1. The molecule has 0 saturated carbocycles. The monoisotopic (exact) mass is 246 g/mol. The second-order valence-corrected chi connectivity index (χ2v) is 4.60. The molecule has 1 fully saturated rings. The van der Waals surface area contributed by atoms with Crippen LogP contribution in [0.4, 0.5) is 11.5 Å². The molecule has 5 nitrogen and oxygen atoms in total. The number of methoxy groups -OCH3 is 1. The highest BCUT2D eigenvalue weighted by Gasteiger charge is 2.20. The van der Waals surface area contributed by atoms with E-state index in [-0.39, 0.29) is 0 Å². The van der Waals surface area contributed by atoms with Gasteiger partial charge in [0.2, 0.25) is 0 Å². The van der Waals surface area contributed by atoms with Gasteiger partial charge in [-0.3, -0.25) is 0 Å². The SMILES string of the molecule is COCC1CCN(c2ccc(N)c(C#N)n2)CC1. The summed E-state index contributed by atoms with van der Waals surface area (Å²) in [4.78, 5) is 6.49. The number of nitrogens with zero attached hydrogens (tertiary/aromatic N) is 3. The van der Waals surface area contributed by atoms with Gasteiger partial charge in [0.15, 0.2) is 5.69 Å². The quantitative estimate of drug-likeness (QED) is 0.872. The maximum atomic E-state index is 8.93. The number of rotatable bonds is 3. The molecular weight excluding hydrogens is 228 g/mol. The molecule has 0 atom stereocenters. The van der Waals surface area contributed by atoms with Crippen LogP contribution in [0.25, 0.3) is 0 Å². The molecule has 1 aliphatic heterocycles. The van der Waals surface area contributed by atoms with Gasteiger partial charge in [-0.15, -0.1) is 0 Å². The van der Waals surface area contributed by atoms with E-state index < -0.39 is 0 Å². The number of anilines is 2.